The van der Waals surface area contributed by atoms with Gasteiger partial charge in [-0.2, -0.15) is 0 Å². The molecule has 0 nitrogen and oxygen atoms in total. The van der Waals surface area contributed by atoms with Gasteiger partial charge >= 0.3 is 0 Å². The number of hydrogen-bond donors (Lipinski definition) is 0. The van der Waals surface area contributed by atoms with Gasteiger partial charge in [0.1, 0.15) is 0 Å². The first kappa shape index (κ1) is 30.4. The fourth-order valence-corrected chi connectivity index (χ4v) is 4.10. The van der Waals surface area contributed by atoms with Crippen LogP contribution in [0, 0.1) is 0 Å². The molecule has 0 bridgehead atoms. The number of rotatable bonds is 14. The third kappa shape index (κ3) is 13.1. The first-order valence-electron chi connectivity index (χ1n) is 13.8. The van der Waals surface area contributed by atoms with Gasteiger partial charge in [0.2, 0.25) is 0 Å². The molecule has 2 aromatic carbocycles. The molecule has 0 saturated heterocycles. The maximum absolute atomic E-state index is 2.32. The van der Waals surface area contributed by atoms with Gasteiger partial charge < -0.3 is 0 Å². The number of unbranched alkanes of at least 4 members (excludes halogenated alkanes) is 11. The van der Waals surface area contributed by atoms with Crippen LogP contribution in [0.5, 0.6) is 0 Å². The summed E-state index contributed by atoms with van der Waals surface area (Å²) in [5, 5.41) is 0. The van der Waals surface area contributed by atoms with Crippen LogP contribution < -0.4 is 0 Å². The topological polar surface area (TPSA) is 0 Å². The highest BCUT2D eigenvalue weighted by Gasteiger charge is 2.25. The largest absolute Gasteiger partial charge is 0.0683 e. The standard InChI is InChI=1S/C16H18.C14H30.C2H6/c1-3-16(2,14-10-6-4-7-11-14)15-12-8-5-9-13-15;1-3-5-7-9-11-13-14-12-10-8-6-4-2;1-2/h4-13H,3H2,1-2H3;3-14H2,1-2H3;1-2H3. The van der Waals surface area contributed by atoms with Crippen LogP contribution in [-0.2, 0) is 5.41 Å². The van der Waals surface area contributed by atoms with Crippen molar-refractivity contribution in [2.24, 2.45) is 0 Å². The Morgan fingerprint density at radius 2 is 0.750 bits per heavy atom. The first-order chi connectivity index (χ1) is 15.7. The monoisotopic (exact) mass is 438 g/mol. The summed E-state index contributed by atoms with van der Waals surface area (Å²) in [5.74, 6) is 0. The van der Waals surface area contributed by atoms with Crippen molar-refractivity contribution in [3.05, 3.63) is 71.8 Å². The molecule has 0 aliphatic carbocycles. The molecule has 0 aromatic heterocycles. The third-order valence-electron chi connectivity index (χ3n) is 6.49. The molecule has 0 radical (unpaired) electrons. The Morgan fingerprint density at radius 1 is 0.469 bits per heavy atom. The summed E-state index contributed by atoms with van der Waals surface area (Å²) in [4.78, 5) is 0. The molecule has 0 amide bonds. The first-order valence-corrected chi connectivity index (χ1v) is 13.8. The summed E-state index contributed by atoms with van der Waals surface area (Å²) in [7, 11) is 0. The van der Waals surface area contributed by atoms with Gasteiger partial charge in [-0.05, 0) is 17.5 Å². The molecule has 0 aliphatic rings. The second kappa shape index (κ2) is 21.3. The van der Waals surface area contributed by atoms with Crippen LogP contribution in [0.3, 0.4) is 0 Å². The fourth-order valence-electron chi connectivity index (χ4n) is 4.10. The van der Waals surface area contributed by atoms with Gasteiger partial charge in [0.25, 0.3) is 0 Å². The van der Waals surface area contributed by atoms with E-state index in [0.29, 0.717) is 0 Å². The van der Waals surface area contributed by atoms with Crippen molar-refractivity contribution in [3.8, 4) is 0 Å². The molecule has 182 valence electrons. The molecule has 0 heterocycles. The van der Waals surface area contributed by atoms with Crippen molar-refractivity contribution in [2.75, 3.05) is 0 Å². The van der Waals surface area contributed by atoms with E-state index >= 15 is 0 Å². The van der Waals surface area contributed by atoms with Crippen LogP contribution in [0.4, 0.5) is 0 Å². The Hall–Kier alpha value is -1.56. The second-order valence-corrected chi connectivity index (χ2v) is 8.95. The van der Waals surface area contributed by atoms with Gasteiger partial charge in [0.05, 0.1) is 0 Å². The van der Waals surface area contributed by atoms with E-state index in [9.17, 15) is 0 Å². The maximum atomic E-state index is 2.32. The van der Waals surface area contributed by atoms with E-state index in [1.807, 2.05) is 13.8 Å². The predicted octanol–water partition coefficient (Wildman–Crippen LogP) is 11.1. The van der Waals surface area contributed by atoms with Crippen LogP contribution in [0.1, 0.15) is 136 Å². The smallest absolute Gasteiger partial charge is 0.0172 e. The molecular weight excluding hydrogens is 384 g/mol. The molecule has 0 atom stereocenters. The summed E-state index contributed by atoms with van der Waals surface area (Å²) >= 11 is 0. The quantitative estimate of drug-likeness (QED) is 0.257. The molecule has 0 aliphatic heterocycles. The molecule has 2 aromatic rings. The van der Waals surface area contributed by atoms with E-state index in [1.54, 1.807) is 0 Å². The Kier molecular flexibility index (Phi) is 20.3. The number of hydrogen-bond acceptors (Lipinski definition) is 0. The highest BCUT2D eigenvalue weighted by atomic mass is 14.3. The van der Waals surface area contributed by atoms with Gasteiger partial charge in [-0.1, -0.05) is 179 Å². The van der Waals surface area contributed by atoms with Crippen molar-refractivity contribution in [1.82, 2.24) is 0 Å². The lowest BCUT2D eigenvalue weighted by molar-refractivity contribution is 0.548. The Balaban J connectivity index is 0.000000564. The maximum Gasteiger partial charge on any atom is 0.0172 e. The number of benzene rings is 2. The molecule has 0 heteroatoms. The van der Waals surface area contributed by atoms with Crippen molar-refractivity contribution in [1.29, 1.82) is 0 Å². The minimum absolute atomic E-state index is 0.127. The molecule has 0 saturated carbocycles. The van der Waals surface area contributed by atoms with E-state index in [0.717, 1.165) is 6.42 Å². The van der Waals surface area contributed by atoms with Crippen LogP contribution in [-0.4, -0.2) is 0 Å². The lowest BCUT2D eigenvalue weighted by Gasteiger charge is -2.29. The Morgan fingerprint density at radius 3 is 1.00 bits per heavy atom. The normalized spacial score (nSPS) is 10.6. The minimum Gasteiger partial charge on any atom is -0.0683 e. The van der Waals surface area contributed by atoms with Crippen molar-refractivity contribution < 1.29 is 0 Å². The minimum atomic E-state index is 0.127. The predicted molar refractivity (Wildman–Crippen MR) is 148 cm³/mol. The van der Waals surface area contributed by atoms with E-state index < -0.39 is 0 Å². The van der Waals surface area contributed by atoms with E-state index in [-0.39, 0.29) is 5.41 Å². The van der Waals surface area contributed by atoms with Gasteiger partial charge in [-0.3, -0.25) is 0 Å². The van der Waals surface area contributed by atoms with E-state index in [2.05, 4.69) is 88.4 Å². The van der Waals surface area contributed by atoms with Crippen molar-refractivity contribution in [2.45, 2.75) is 130 Å². The Labute approximate surface area is 202 Å². The zero-order chi connectivity index (χ0) is 23.9. The lowest BCUT2D eigenvalue weighted by Crippen LogP contribution is -2.22. The van der Waals surface area contributed by atoms with Crippen molar-refractivity contribution >= 4 is 0 Å². The van der Waals surface area contributed by atoms with Gasteiger partial charge in [0.15, 0.2) is 0 Å². The Bertz CT molecular complexity index is 547. The summed E-state index contributed by atoms with van der Waals surface area (Å²) in [5.41, 5.74) is 2.91. The summed E-state index contributed by atoms with van der Waals surface area (Å²) in [6, 6.07) is 21.5. The fraction of sp³-hybridized carbons (Fsp3) is 0.625. The lowest BCUT2D eigenvalue weighted by atomic mass is 9.74. The van der Waals surface area contributed by atoms with Crippen LogP contribution >= 0.6 is 0 Å². The third-order valence-corrected chi connectivity index (χ3v) is 6.49. The highest BCUT2D eigenvalue weighted by molar-refractivity contribution is 5.37. The van der Waals surface area contributed by atoms with Crippen LogP contribution in [0.25, 0.3) is 0 Å². The molecule has 0 N–H and O–H groups in total. The van der Waals surface area contributed by atoms with Gasteiger partial charge in [-0.15, -0.1) is 0 Å². The summed E-state index contributed by atoms with van der Waals surface area (Å²) < 4.78 is 0. The molecule has 0 fully saturated rings. The van der Waals surface area contributed by atoms with E-state index in [1.165, 1.54) is 88.2 Å². The highest BCUT2D eigenvalue weighted by Crippen LogP contribution is 2.34. The zero-order valence-electron chi connectivity index (χ0n) is 22.5. The van der Waals surface area contributed by atoms with Crippen LogP contribution in [0.15, 0.2) is 60.7 Å². The SMILES string of the molecule is CC.CCC(C)(c1ccccc1)c1ccccc1.CCCCCCCCCCCCCC. The second-order valence-electron chi connectivity index (χ2n) is 8.95. The molecule has 0 spiro atoms. The zero-order valence-corrected chi connectivity index (χ0v) is 22.5. The molecule has 2 rings (SSSR count). The molecule has 32 heavy (non-hydrogen) atoms. The van der Waals surface area contributed by atoms with E-state index in [4.69, 9.17) is 0 Å². The molecule has 0 unspecified atom stereocenters. The van der Waals surface area contributed by atoms with Crippen LogP contribution in [0.2, 0.25) is 0 Å². The van der Waals surface area contributed by atoms with Crippen molar-refractivity contribution in [3.63, 3.8) is 0 Å². The summed E-state index contributed by atoms with van der Waals surface area (Å²) in [6.45, 7) is 13.1. The average Bonchev–Trinajstić information content (AvgIpc) is 2.87. The average molecular weight is 439 g/mol. The van der Waals surface area contributed by atoms with Gasteiger partial charge in [0, 0.05) is 5.41 Å². The summed E-state index contributed by atoms with van der Waals surface area (Å²) in [6.07, 6.45) is 18.5. The molecular formula is C32H54. The van der Waals surface area contributed by atoms with Gasteiger partial charge in [-0.25, -0.2) is 0 Å².